The molecule has 0 bridgehead atoms. The van der Waals surface area contributed by atoms with Crippen LogP contribution in [-0.2, 0) is 4.79 Å². The summed E-state index contributed by atoms with van der Waals surface area (Å²) in [7, 11) is 0. The average molecular weight is 238 g/mol. The maximum Gasteiger partial charge on any atom is 0.240 e. The van der Waals surface area contributed by atoms with Gasteiger partial charge in [0.05, 0.1) is 6.04 Å². The highest BCUT2D eigenvalue weighted by Gasteiger charge is 2.36. The van der Waals surface area contributed by atoms with Gasteiger partial charge < -0.3 is 10.2 Å². The van der Waals surface area contributed by atoms with Crippen LogP contribution in [0.15, 0.2) is 0 Å². The number of hydrogen-bond donors (Lipinski definition) is 1. The molecule has 2 aliphatic rings. The van der Waals surface area contributed by atoms with Gasteiger partial charge in [-0.15, -0.1) is 0 Å². The summed E-state index contributed by atoms with van der Waals surface area (Å²) in [6, 6.07) is 1.00. The van der Waals surface area contributed by atoms with E-state index in [9.17, 15) is 4.79 Å². The Kier molecular flexibility index (Phi) is 4.08. The fourth-order valence-corrected chi connectivity index (χ4v) is 3.18. The van der Waals surface area contributed by atoms with Crippen LogP contribution >= 0.6 is 0 Å². The quantitative estimate of drug-likeness (QED) is 0.817. The SMILES string of the molecule is CC1CCC(N2CCC(NC(C)C)C2=O)CC1. The van der Waals surface area contributed by atoms with Gasteiger partial charge in [0.2, 0.25) is 5.91 Å². The molecule has 2 rings (SSSR count). The second kappa shape index (κ2) is 5.38. The fourth-order valence-electron chi connectivity index (χ4n) is 3.18. The summed E-state index contributed by atoms with van der Waals surface area (Å²) in [6.45, 7) is 7.50. The standard InChI is InChI=1S/C14H26N2O/c1-10(2)15-13-8-9-16(14(13)17)12-6-4-11(3)5-7-12/h10-13,15H,4-9H2,1-3H3. The summed E-state index contributed by atoms with van der Waals surface area (Å²) in [6.07, 6.45) is 5.99. The molecule has 1 amide bonds. The molecule has 0 aromatic carbocycles. The van der Waals surface area contributed by atoms with Gasteiger partial charge in [-0.25, -0.2) is 0 Å². The number of nitrogens with zero attached hydrogens (tertiary/aromatic N) is 1. The summed E-state index contributed by atoms with van der Waals surface area (Å²) in [4.78, 5) is 14.4. The number of carbonyl (C=O) groups is 1. The minimum atomic E-state index is 0.0781. The lowest BCUT2D eigenvalue weighted by molar-refractivity contribution is -0.132. The second-order valence-electron chi connectivity index (χ2n) is 6.11. The van der Waals surface area contributed by atoms with Gasteiger partial charge in [0.15, 0.2) is 0 Å². The Labute approximate surface area is 105 Å². The predicted molar refractivity (Wildman–Crippen MR) is 69.8 cm³/mol. The molecule has 0 spiro atoms. The van der Waals surface area contributed by atoms with Crippen LogP contribution < -0.4 is 5.32 Å². The number of carbonyl (C=O) groups excluding carboxylic acids is 1. The molecule has 98 valence electrons. The molecule has 1 N–H and O–H groups in total. The summed E-state index contributed by atoms with van der Waals surface area (Å²) >= 11 is 0. The van der Waals surface area contributed by atoms with Crippen molar-refractivity contribution < 1.29 is 4.79 Å². The summed E-state index contributed by atoms with van der Waals surface area (Å²) < 4.78 is 0. The van der Waals surface area contributed by atoms with Crippen LogP contribution in [0.5, 0.6) is 0 Å². The monoisotopic (exact) mass is 238 g/mol. The third-order valence-electron chi connectivity index (χ3n) is 4.20. The number of likely N-dealkylation sites (tertiary alicyclic amines) is 1. The number of rotatable bonds is 3. The molecule has 1 heterocycles. The second-order valence-corrected chi connectivity index (χ2v) is 6.11. The summed E-state index contributed by atoms with van der Waals surface area (Å²) in [5.74, 6) is 1.20. The van der Waals surface area contributed by atoms with Crippen LogP contribution in [0.2, 0.25) is 0 Å². The van der Waals surface area contributed by atoms with Crippen molar-refractivity contribution in [2.45, 2.75) is 71.0 Å². The van der Waals surface area contributed by atoms with Crippen molar-refractivity contribution in [2.75, 3.05) is 6.54 Å². The van der Waals surface area contributed by atoms with E-state index in [1.54, 1.807) is 0 Å². The van der Waals surface area contributed by atoms with Gasteiger partial charge in [0, 0.05) is 18.6 Å². The molecule has 2 fully saturated rings. The smallest absolute Gasteiger partial charge is 0.240 e. The van der Waals surface area contributed by atoms with E-state index in [2.05, 4.69) is 31.0 Å². The highest BCUT2D eigenvalue weighted by atomic mass is 16.2. The molecule has 1 aliphatic heterocycles. The predicted octanol–water partition coefficient (Wildman–Crippen LogP) is 2.16. The maximum atomic E-state index is 12.3. The Morgan fingerprint density at radius 1 is 1.18 bits per heavy atom. The third kappa shape index (κ3) is 3.01. The maximum absolute atomic E-state index is 12.3. The normalized spacial score (nSPS) is 34.7. The first kappa shape index (κ1) is 12.9. The van der Waals surface area contributed by atoms with E-state index in [0.29, 0.717) is 18.0 Å². The van der Waals surface area contributed by atoms with E-state index in [4.69, 9.17) is 0 Å². The highest BCUT2D eigenvalue weighted by molar-refractivity contribution is 5.84. The fraction of sp³-hybridized carbons (Fsp3) is 0.929. The van der Waals surface area contributed by atoms with Crippen molar-refractivity contribution in [1.82, 2.24) is 10.2 Å². The zero-order valence-corrected chi connectivity index (χ0v) is 11.4. The average Bonchev–Trinajstić information content (AvgIpc) is 2.61. The van der Waals surface area contributed by atoms with Gasteiger partial charge >= 0.3 is 0 Å². The first-order chi connectivity index (χ1) is 8.08. The van der Waals surface area contributed by atoms with Crippen molar-refractivity contribution in [1.29, 1.82) is 0 Å². The van der Waals surface area contributed by atoms with Gasteiger partial charge in [0.1, 0.15) is 0 Å². The molecule has 1 aliphatic carbocycles. The topological polar surface area (TPSA) is 32.3 Å². The molecule has 17 heavy (non-hydrogen) atoms. The van der Waals surface area contributed by atoms with Gasteiger partial charge in [-0.2, -0.15) is 0 Å². The van der Waals surface area contributed by atoms with Crippen molar-refractivity contribution in [3.63, 3.8) is 0 Å². The molecule has 1 saturated carbocycles. The molecule has 3 nitrogen and oxygen atoms in total. The summed E-state index contributed by atoms with van der Waals surface area (Å²) in [5.41, 5.74) is 0. The van der Waals surface area contributed by atoms with E-state index in [-0.39, 0.29) is 6.04 Å². The van der Waals surface area contributed by atoms with Crippen molar-refractivity contribution in [3.8, 4) is 0 Å². The zero-order valence-electron chi connectivity index (χ0n) is 11.4. The lowest BCUT2D eigenvalue weighted by Gasteiger charge is -2.33. The van der Waals surface area contributed by atoms with Gasteiger partial charge in [-0.3, -0.25) is 4.79 Å². The largest absolute Gasteiger partial charge is 0.338 e. The van der Waals surface area contributed by atoms with Crippen LogP contribution in [0.4, 0.5) is 0 Å². The Bertz CT molecular complexity index is 269. The van der Waals surface area contributed by atoms with Gasteiger partial charge in [-0.05, 0) is 38.0 Å². The molecule has 0 aromatic rings. The van der Waals surface area contributed by atoms with E-state index in [0.717, 1.165) is 18.9 Å². The Hall–Kier alpha value is -0.570. The molecule has 0 radical (unpaired) electrons. The van der Waals surface area contributed by atoms with Crippen molar-refractivity contribution in [2.24, 2.45) is 5.92 Å². The van der Waals surface area contributed by atoms with Gasteiger partial charge in [-0.1, -0.05) is 20.8 Å². The lowest BCUT2D eigenvalue weighted by Crippen LogP contribution is -2.45. The van der Waals surface area contributed by atoms with Crippen molar-refractivity contribution in [3.05, 3.63) is 0 Å². The number of nitrogens with one attached hydrogen (secondary N) is 1. The Balaban J connectivity index is 1.89. The molecule has 1 saturated heterocycles. The number of hydrogen-bond acceptors (Lipinski definition) is 2. The first-order valence-corrected chi connectivity index (χ1v) is 7.14. The Morgan fingerprint density at radius 3 is 2.41 bits per heavy atom. The van der Waals surface area contributed by atoms with E-state index in [1.165, 1.54) is 25.7 Å². The minimum absolute atomic E-state index is 0.0781. The van der Waals surface area contributed by atoms with E-state index < -0.39 is 0 Å². The number of amides is 1. The van der Waals surface area contributed by atoms with E-state index >= 15 is 0 Å². The lowest BCUT2D eigenvalue weighted by atomic mass is 9.87. The van der Waals surface area contributed by atoms with Crippen LogP contribution in [0.25, 0.3) is 0 Å². The summed E-state index contributed by atoms with van der Waals surface area (Å²) in [5, 5.41) is 3.38. The minimum Gasteiger partial charge on any atom is -0.338 e. The molecular weight excluding hydrogens is 212 g/mol. The zero-order chi connectivity index (χ0) is 12.4. The molecule has 1 unspecified atom stereocenters. The highest BCUT2D eigenvalue weighted by Crippen LogP contribution is 2.29. The molecule has 1 atom stereocenters. The van der Waals surface area contributed by atoms with Crippen LogP contribution in [0, 0.1) is 5.92 Å². The van der Waals surface area contributed by atoms with Crippen LogP contribution in [0.3, 0.4) is 0 Å². The first-order valence-electron chi connectivity index (χ1n) is 7.14. The Morgan fingerprint density at radius 2 is 1.82 bits per heavy atom. The van der Waals surface area contributed by atoms with Gasteiger partial charge in [0.25, 0.3) is 0 Å². The van der Waals surface area contributed by atoms with Crippen LogP contribution in [0.1, 0.15) is 52.9 Å². The molecule has 0 aromatic heterocycles. The van der Waals surface area contributed by atoms with Crippen molar-refractivity contribution >= 4 is 5.91 Å². The molecule has 3 heteroatoms. The van der Waals surface area contributed by atoms with E-state index in [1.807, 2.05) is 0 Å². The molecular formula is C14H26N2O. The third-order valence-corrected chi connectivity index (χ3v) is 4.20. The van der Waals surface area contributed by atoms with Crippen LogP contribution in [-0.4, -0.2) is 35.5 Å².